The molecule has 3 atom stereocenters. The van der Waals surface area contributed by atoms with Crippen LogP contribution in [0.1, 0.15) is 62.5 Å². The minimum Gasteiger partial charge on any atom is -0.350 e. The number of hydrogen-bond donors (Lipinski definition) is 0. The topological polar surface area (TPSA) is 38.8 Å². The summed E-state index contributed by atoms with van der Waals surface area (Å²) in [6.45, 7) is 5.29. The Hall–Kier alpha value is -1.39. The summed E-state index contributed by atoms with van der Waals surface area (Å²) in [6.07, 6.45) is 9.30. The molecule has 7 rings (SSSR count). The average molecular weight is 410 g/mol. The SMILES string of the molecule is Cc1ccc(C23CC4CC(CC(C(=O)N5CCCC(C6OCCO6)C5)(C4)C2)C3)cc1. The van der Waals surface area contributed by atoms with E-state index in [9.17, 15) is 4.79 Å². The first kappa shape index (κ1) is 19.3. The van der Waals surface area contributed by atoms with E-state index in [1.54, 1.807) is 0 Å². The molecule has 6 aliphatic rings. The minimum atomic E-state index is -0.131. The molecule has 6 fully saturated rings. The highest BCUT2D eigenvalue weighted by Crippen LogP contribution is 2.66. The van der Waals surface area contributed by atoms with E-state index < -0.39 is 0 Å². The number of carbonyl (C=O) groups excluding carboxylic acids is 1. The lowest BCUT2D eigenvalue weighted by atomic mass is 9.42. The highest BCUT2D eigenvalue weighted by Gasteiger charge is 2.61. The van der Waals surface area contributed by atoms with Gasteiger partial charge in [0.1, 0.15) is 0 Å². The zero-order valence-electron chi connectivity index (χ0n) is 18.3. The van der Waals surface area contributed by atoms with Crippen LogP contribution in [0.2, 0.25) is 0 Å². The predicted molar refractivity (Wildman–Crippen MR) is 115 cm³/mol. The molecule has 4 heteroatoms. The van der Waals surface area contributed by atoms with Gasteiger partial charge in [-0.1, -0.05) is 29.8 Å². The molecule has 30 heavy (non-hydrogen) atoms. The number of ether oxygens (including phenoxy) is 2. The van der Waals surface area contributed by atoms with E-state index in [-0.39, 0.29) is 17.1 Å². The van der Waals surface area contributed by atoms with Crippen LogP contribution in [0.4, 0.5) is 0 Å². The maximum Gasteiger partial charge on any atom is 0.228 e. The van der Waals surface area contributed by atoms with Crippen LogP contribution in [0.5, 0.6) is 0 Å². The zero-order valence-corrected chi connectivity index (χ0v) is 18.3. The molecule has 2 aliphatic heterocycles. The second-order valence-electron chi connectivity index (χ2n) is 11.2. The molecule has 0 radical (unpaired) electrons. The maximum absolute atomic E-state index is 14.1. The molecular weight excluding hydrogens is 374 g/mol. The fraction of sp³-hybridized carbons (Fsp3) is 0.731. The fourth-order valence-electron chi connectivity index (χ4n) is 8.16. The van der Waals surface area contributed by atoms with Crippen LogP contribution in [0.3, 0.4) is 0 Å². The summed E-state index contributed by atoms with van der Waals surface area (Å²) >= 11 is 0. The molecule has 3 unspecified atom stereocenters. The van der Waals surface area contributed by atoms with Gasteiger partial charge >= 0.3 is 0 Å². The molecule has 2 heterocycles. The van der Waals surface area contributed by atoms with Crippen LogP contribution < -0.4 is 0 Å². The molecule has 2 saturated heterocycles. The van der Waals surface area contributed by atoms with E-state index in [0.717, 1.165) is 57.0 Å². The molecule has 4 saturated carbocycles. The van der Waals surface area contributed by atoms with Crippen molar-refractivity contribution < 1.29 is 14.3 Å². The van der Waals surface area contributed by atoms with Crippen LogP contribution >= 0.6 is 0 Å². The number of nitrogens with zero attached hydrogens (tertiary/aromatic N) is 1. The van der Waals surface area contributed by atoms with E-state index in [2.05, 4.69) is 36.1 Å². The van der Waals surface area contributed by atoms with E-state index in [4.69, 9.17) is 9.47 Å². The van der Waals surface area contributed by atoms with Crippen molar-refractivity contribution in [2.45, 2.75) is 70.0 Å². The first-order valence-corrected chi connectivity index (χ1v) is 12.2. The summed E-state index contributed by atoms with van der Waals surface area (Å²) in [5.41, 5.74) is 2.91. The molecule has 0 aromatic heterocycles. The monoisotopic (exact) mass is 409 g/mol. The first-order valence-electron chi connectivity index (χ1n) is 12.2. The number of rotatable bonds is 3. The number of benzene rings is 1. The molecule has 4 bridgehead atoms. The third kappa shape index (κ3) is 3.05. The molecule has 162 valence electrons. The first-order chi connectivity index (χ1) is 14.6. The normalized spacial score (nSPS) is 40.8. The minimum absolute atomic E-state index is 0.101. The maximum atomic E-state index is 14.1. The molecule has 1 aromatic rings. The Morgan fingerprint density at radius 1 is 1.03 bits per heavy atom. The third-order valence-electron chi connectivity index (χ3n) is 8.96. The second-order valence-corrected chi connectivity index (χ2v) is 11.2. The summed E-state index contributed by atoms with van der Waals surface area (Å²) in [7, 11) is 0. The van der Waals surface area contributed by atoms with Crippen LogP contribution in [-0.2, 0) is 19.7 Å². The van der Waals surface area contributed by atoms with Gasteiger partial charge in [0, 0.05) is 19.0 Å². The largest absolute Gasteiger partial charge is 0.350 e. The molecule has 1 aromatic carbocycles. The number of likely N-dealkylation sites (tertiary alicyclic amines) is 1. The molecule has 0 spiro atoms. The Morgan fingerprint density at radius 3 is 2.43 bits per heavy atom. The third-order valence-corrected chi connectivity index (χ3v) is 8.96. The van der Waals surface area contributed by atoms with Gasteiger partial charge in [-0.25, -0.2) is 0 Å². The van der Waals surface area contributed by atoms with Crippen LogP contribution in [0, 0.1) is 30.1 Å². The lowest BCUT2D eigenvalue weighted by molar-refractivity contribution is -0.166. The van der Waals surface area contributed by atoms with Crippen molar-refractivity contribution in [1.29, 1.82) is 0 Å². The number of aryl methyl sites for hydroxylation is 1. The number of amides is 1. The van der Waals surface area contributed by atoms with E-state index in [0.29, 0.717) is 25.0 Å². The predicted octanol–water partition coefficient (Wildman–Crippen LogP) is 4.44. The van der Waals surface area contributed by atoms with Gasteiger partial charge < -0.3 is 14.4 Å². The Morgan fingerprint density at radius 2 is 1.73 bits per heavy atom. The number of carbonyl (C=O) groups is 1. The fourth-order valence-corrected chi connectivity index (χ4v) is 8.16. The molecule has 0 N–H and O–H groups in total. The Kier molecular flexibility index (Phi) is 4.55. The lowest BCUT2D eigenvalue weighted by Gasteiger charge is -2.62. The number of piperidine rings is 1. The van der Waals surface area contributed by atoms with E-state index in [1.165, 1.54) is 30.4 Å². The van der Waals surface area contributed by atoms with E-state index in [1.807, 2.05) is 0 Å². The van der Waals surface area contributed by atoms with Crippen molar-refractivity contribution in [2.75, 3.05) is 26.3 Å². The quantitative estimate of drug-likeness (QED) is 0.741. The highest BCUT2D eigenvalue weighted by atomic mass is 16.7. The highest BCUT2D eigenvalue weighted by molar-refractivity contribution is 5.84. The molecule has 4 nitrogen and oxygen atoms in total. The van der Waals surface area contributed by atoms with Gasteiger partial charge in [-0.2, -0.15) is 0 Å². The van der Waals surface area contributed by atoms with Crippen molar-refractivity contribution in [1.82, 2.24) is 4.90 Å². The van der Waals surface area contributed by atoms with Gasteiger partial charge in [-0.3, -0.25) is 4.79 Å². The van der Waals surface area contributed by atoms with Crippen molar-refractivity contribution in [3.8, 4) is 0 Å². The van der Waals surface area contributed by atoms with Crippen LogP contribution in [0.15, 0.2) is 24.3 Å². The van der Waals surface area contributed by atoms with Gasteiger partial charge in [0.05, 0.1) is 18.6 Å². The summed E-state index contributed by atoms with van der Waals surface area (Å²) in [5.74, 6) is 2.23. The van der Waals surface area contributed by atoms with Gasteiger partial charge in [-0.05, 0) is 81.1 Å². The summed E-state index contributed by atoms with van der Waals surface area (Å²) in [5, 5.41) is 0. The van der Waals surface area contributed by atoms with Gasteiger partial charge in [-0.15, -0.1) is 0 Å². The van der Waals surface area contributed by atoms with Crippen molar-refractivity contribution in [3.05, 3.63) is 35.4 Å². The van der Waals surface area contributed by atoms with Crippen molar-refractivity contribution >= 4 is 5.91 Å². The summed E-state index contributed by atoms with van der Waals surface area (Å²) in [4.78, 5) is 16.3. The van der Waals surface area contributed by atoms with Crippen LogP contribution in [-0.4, -0.2) is 43.4 Å². The Labute approximate surface area is 180 Å². The second kappa shape index (κ2) is 7.06. The lowest BCUT2D eigenvalue weighted by Crippen LogP contribution is -2.60. The van der Waals surface area contributed by atoms with Crippen molar-refractivity contribution in [2.24, 2.45) is 23.2 Å². The number of hydrogen-bond acceptors (Lipinski definition) is 3. The summed E-state index contributed by atoms with van der Waals surface area (Å²) < 4.78 is 11.6. The van der Waals surface area contributed by atoms with E-state index >= 15 is 0 Å². The Bertz CT molecular complexity index is 798. The summed E-state index contributed by atoms with van der Waals surface area (Å²) in [6, 6.07) is 9.23. The van der Waals surface area contributed by atoms with Gasteiger partial charge in [0.2, 0.25) is 5.91 Å². The zero-order chi connectivity index (χ0) is 20.3. The average Bonchev–Trinajstić information content (AvgIpc) is 3.28. The molecular formula is C26H35NO3. The smallest absolute Gasteiger partial charge is 0.228 e. The van der Waals surface area contributed by atoms with Gasteiger partial charge in [0.25, 0.3) is 0 Å². The Balaban J connectivity index is 1.27. The van der Waals surface area contributed by atoms with Crippen molar-refractivity contribution in [3.63, 3.8) is 0 Å². The molecule has 4 aliphatic carbocycles. The van der Waals surface area contributed by atoms with Crippen LogP contribution in [0.25, 0.3) is 0 Å². The standard InChI is InChI=1S/C26H35NO3/c1-18-4-6-22(7-5-18)25-12-19-11-20(13-25)15-26(14-19,17-25)24(28)27-8-2-3-21(16-27)23-29-9-10-30-23/h4-7,19-21,23H,2-3,8-17H2,1H3. The van der Waals surface area contributed by atoms with Gasteiger partial charge in [0.15, 0.2) is 6.29 Å². The molecule has 1 amide bonds.